The molecule has 0 saturated heterocycles. The number of anilines is 1. The molecule has 1 atom stereocenters. The Balaban J connectivity index is 2.16. The lowest BCUT2D eigenvalue weighted by atomic mass is 10.1. The zero-order valence-corrected chi connectivity index (χ0v) is 21.2. The minimum absolute atomic E-state index is 0.0539. The number of nitrogens with one attached hydrogen (secondary N) is 1. The molecule has 34 heavy (non-hydrogen) atoms. The largest absolute Gasteiger partial charge is 0.352 e. The number of nitrogens with zero attached hydrogens (tertiary/aromatic N) is 2. The normalized spacial score (nSPS) is 12.3. The SMILES string of the molecule is Cc1cccc(CN(C(=O)CCCN(c2ccc(F)cc2)S(C)(=O)=O)[C@H](C)C(=O)NC(C)C)c1. The van der Waals surface area contributed by atoms with Gasteiger partial charge in [-0.15, -0.1) is 0 Å². The Labute approximate surface area is 202 Å². The molecule has 0 aromatic heterocycles. The van der Waals surface area contributed by atoms with Gasteiger partial charge in [-0.1, -0.05) is 29.8 Å². The van der Waals surface area contributed by atoms with E-state index in [0.29, 0.717) is 5.69 Å². The third-order valence-corrected chi connectivity index (χ3v) is 6.49. The van der Waals surface area contributed by atoms with Crippen molar-refractivity contribution in [1.82, 2.24) is 10.2 Å². The van der Waals surface area contributed by atoms with E-state index in [4.69, 9.17) is 0 Å². The van der Waals surface area contributed by atoms with Crippen LogP contribution in [0.5, 0.6) is 0 Å². The Morgan fingerprint density at radius 1 is 1.06 bits per heavy atom. The maximum Gasteiger partial charge on any atom is 0.242 e. The second-order valence-electron chi connectivity index (χ2n) is 8.77. The van der Waals surface area contributed by atoms with Gasteiger partial charge >= 0.3 is 0 Å². The zero-order valence-electron chi connectivity index (χ0n) is 20.4. The molecule has 0 saturated carbocycles. The summed E-state index contributed by atoms with van der Waals surface area (Å²) in [7, 11) is -3.62. The molecular weight excluding hydrogens is 457 g/mol. The highest BCUT2D eigenvalue weighted by molar-refractivity contribution is 7.92. The van der Waals surface area contributed by atoms with E-state index >= 15 is 0 Å². The van der Waals surface area contributed by atoms with Gasteiger partial charge < -0.3 is 10.2 Å². The van der Waals surface area contributed by atoms with E-state index in [2.05, 4.69) is 5.32 Å². The van der Waals surface area contributed by atoms with E-state index in [9.17, 15) is 22.4 Å². The van der Waals surface area contributed by atoms with E-state index < -0.39 is 21.9 Å². The van der Waals surface area contributed by atoms with Gasteiger partial charge in [0.25, 0.3) is 0 Å². The van der Waals surface area contributed by atoms with Gasteiger partial charge in [-0.05, 0) is 63.9 Å². The molecule has 2 rings (SSSR count). The monoisotopic (exact) mass is 491 g/mol. The molecule has 0 unspecified atom stereocenters. The molecule has 0 spiro atoms. The van der Waals surface area contributed by atoms with Crippen molar-refractivity contribution in [2.24, 2.45) is 0 Å². The number of halogens is 1. The molecule has 7 nitrogen and oxygen atoms in total. The minimum Gasteiger partial charge on any atom is -0.352 e. The van der Waals surface area contributed by atoms with Crippen molar-refractivity contribution in [3.05, 3.63) is 65.5 Å². The third kappa shape index (κ3) is 8.13. The summed E-state index contributed by atoms with van der Waals surface area (Å²) >= 11 is 0. The van der Waals surface area contributed by atoms with Crippen molar-refractivity contribution in [3.63, 3.8) is 0 Å². The maximum absolute atomic E-state index is 13.3. The Kier molecular flexibility index (Phi) is 9.61. The second-order valence-corrected chi connectivity index (χ2v) is 10.7. The van der Waals surface area contributed by atoms with Gasteiger partial charge in [0.2, 0.25) is 21.8 Å². The average molecular weight is 492 g/mol. The molecule has 186 valence electrons. The first-order valence-electron chi connectivity index (χ1n) is 11.3. The van der Waals surface area contributed by atoms with E-state index in [0.717, 1.165) is 21.7 Å². The second kappa shape index (κ2) is 12.0. The first kappa shape index (κ1) is 27.3. The predicted molar refractivity (Wildman–Crippen MR) is 132 cm³/mol. The van der Waals surface area contributed by atoms with Crippen LogP contribution < -0.4 is 9.62 Å². The highest BCUT2D eigenvalue weighted by Gasteiger charge is 2.27. The number of hydrogen-bond acceptors (Lipinski definition) is 4. The van der Waals surface area contributed by atoms with E-state index in [1.807, 2.05) is 45.0 Å². The smallest absolute Gasteiger partial charge is 0.242 e. The van der Waals surface area contributed by atoms with Gasteiger partial charge in [0, 0.05) is 25.6 Å². The van der Waals surface area contributed by atoms with Gasteiger partial charge in [-0.2, -0.15) is 0 Å². The molecule has 2 aromatic carbocycles. The van der Waals surface area contributed by atoms with E-state index in [1.54, 1.807) is 6.92 Å². The summed E-state index contributed by atoms with van der Waals surface area (Å²) < 4.78 is 39.0. The zero-order chi connectivity index (χ0) is 25.5. The lowest BCUT2D eigenvalue weighted by molar-refractivity contribution is -0.140. The van der Waals surface area contributed by atoms with Crippen molar-refractivity contribution in [2.45, 2.75) is 59.2 Å². The van der Waals surface area contributed by atoms with Crippen LogP contribution in [-0.2, 0) is 26.2 Å². The summed E-state index contributed by atoms with van der Waals surface area (Å²) in [5.41, 5.74) is 2.28. The fourth-order valence-corrected chi connectivity index (χ4v) is 4.57. The van der Waals surface area contributed by atoms with Crippen LogP contribution in [0.2, 0.25) is 0 Å². The summed E-state index contributed by atoms with van der Waals surface area (Å²) in [6.07, 6.45) is 1.37. The molecule has 0 aliphatic heterocycles. The number of rotatable bonds is 11. The minimum atomic E-state index is -3.62. The van der Waals surface area contributed by atoms with Crippen molar-refractivity contribution in [1.29, 1.82) is 0 Å². The molecule has 0 bridgehead atoms. The fourth-order valence-electron chi connectivity index (χ4n) is 3.61. The molecule has 0 heterocycles. The van der Waals surface area contributed by atoms with Crippen LogP contribution in [0.25, 0.3) is 0 Å². The topological polar surface area (TPSA) is 86.8 Å². The summed E-state index contributed by atoms with van der Waals surface area (Å²) in [6, 6.07) is 12.1. The highest BCUT2D eigenvalue weighted by atomic mass is 32.2. The van der Waals surface area contributed by atoms with Crippen LogP contribution in [0, 0.1) is 12.7 Å². The summed E-state index contributed by atoms with van der Waals surface area (Å²) in [5.74, 6) is -0.964. The van der Waals surface area contributed by atoms with Gasteiger partial charge in [0.15, 0.2) is 0 Å². The summed E-state index contributed by atoms with van der Waals surface area (Å²) in [5, 5.41) is 2.84. The van der Waals surface area contributed by atoms with Crippen LogP contribution in [0.15, 0.2) is 48.5 Å². The predicted octanol–water partition coefficient (Wildman–Crippen LogP) is 3.62. The van der Waals surface area contributed by atoms with Crippen molar-refractivity contribution < 1.29 is 22.4 Å². The van der Waals surface area contributed by atoms with Gasteiger partial charge in [-0.25, -0.2) is 12.8 Å². The molecule has 2 aromatic rings. The van der Waals surface area contributed by atoms with Gasteiger partial charge in [0.05, 0.1) is 11.9 Å². The molecule has 0 fully saturated rings. The van der Waals surface area contributed by atoms with Crippen molar-refractivity contribution >= 4 is 27.5 Å². The number of hydrogen-bond donors (Lipinski definition) is 1. The molecular formula is C25H34FN3O4S. The maximum atomic E-state index is 13.3. The number of carbonyl (C=O) groups excluding carboxylic acids is 2. The number of benzene rings is 2. The van der Waals surface area contributed by atoms with Crippen LogP contribution in [-0.4, -0.2) is 50.0 Å². The molecule has 9 heteroatoms. The Bertz CT molecular complexity index is 1090. The Morgan fingerprint density at radius 2 is 1.71 bits per heavy atom. The number of carbonyl (C=O) groups is 2. The molecule has 1 N–H and O–H groups in total. The molecule has 2 amide bonds. The summed E-state index contributed by atoms with van der Waals surface area (Å²) in [4.78, 5) is 27.4. The average Bonchev–Trinajstić information content (AvgIpc) is 2.74. The van der Waals surface area contributed by atoms with Crippen LogP contribution in [0.1, 0.15) is 44.7 Å². The van der Waals surface area contributed by atoms with E-state index in [1.165, 1.54) is 29.2 Å². The lowest BCUT2D eigenvalue weighted by Gasteiger charge is -2.30. The van der Waals surface area contributed by atoms with Gasteiger partial charge in [0.1, 0.15) is 11.9 Å². The van der Waals surface area contributed by atoms with Crippen LogP contribution >= 0.6 is 0 Å². The lowest BCUT2D eigenvalue weighted by Crippen LogP contribution is -2.49. The van der Waals surface area contributed by atoms with Gasteiger partial charge in [-0.3, -0.25) is 13.9 Å². The Hall–Kier alpha value is -2.94. The Morgan fingerprint density at radius 3 is 2.26 bits per heavy atom. The number of sulfonamides is 1. The van der Waals surface area contributed by atoms with Crippen LogP contribution in [0.3, 0.4) is 0 Å². The first-order valence-corrected chi connectivity index (χ1v) is 13.1. The number of amides is 2. The molecule has 0 aliphatic carbocycles. The van der Waals surface area contributed by atoms with E-state index in [-0.39, 0.29) is 43.8 Å². The highest BCUT2D eigenvalue weighted by Crippen LogP contribution is 2.20. The molecule has 0 radical (unpaired) electrons. The first-order chi connectivity index (χ1) is 15.9. The molecule has 0 aliphatic rings. The third-order valence-electron chi connectivity index (χ3n) is 5.30. The fraction of sp³-hybridized carbons (Fsp3) is 0.440. The van der Waals surface area contributed by atoms with Crippen molar-refractivity contribution in [2.75, 3.05) is 17.1 Å². The standard InChI is InChI=1S/C25H34FN3O4S/c1-18(2)27-25(31)20(4)28(17-21-9-6-8-19(3)16-21)24(30)10-7-15-29(34(5,32)33)23-13-11-22(26)12-14-23/h6,8-9,11-14,16,18,20H,7,10,15,17H2,1-5H3,(H,27,31)/t20-/m1/s1. The number of aryl methyl sites for hydroxylation is 1. The quantitative estimate of drug-likeness (QED) is 0.520. The summed E-state index contributed by atoms with van der Waals surface area (Å²) in [6.45, 7) is 7.67. The van der Waals surface area contributed by atoms with Crippen LogP contribution in [0.4, 0.5) is 10.1 Å². The van der Waals surface area contributed by atoms with Crippen molar-refractivity contribution in [3.8, 4) is 0 Å².